The molecule has 0 radical (unpaired) electrons. The summed E-state index contributed by atoms with van der Waals surface area (Å²) in [6, 6.07) is 10.5. The normalized spacial score (nSPS) is 35.2. The Balaban J connectivity index is 1.39. The maximum atomic E-state index is 11.8. The van der Waals surface area contributed by atoms with Gasteiger partial charge in [-0.3, -0.25) is 4.99 Å². The number of benzene rings is 1. The van der Waals surface area contributed by atoms with Gasteiger partial charge in [-0.05, 0) is 79.7 Å². The molecule has 34 heavy (non-hydrogen) atoms. The van der Waals surface area contributed by atoms with Crippen molar-refractivity contribution in [2.45, 2.75) is 56.1 Å². The van der Waals surface area contributed by atoms with Gasteiger partial charge in [-0.25, -0.2) is 0 Å². The number of aliphatic hydroxyl groups is 2. The van der Waals surface area contributed by atoms with Crippen molar-refractivity contribution in [1.82, 2.24) is 10.3 Å². The van der Waals surface area contributed by atoms with Gasteiger partial charge in [0.1, 0.15) is 0 Å². The lowest BCUT2D eigenvalue weighted by molar-refractivity contribution is -0.0745. The van der Waals surface area contributed by atoms with Gasteiger partial charge in [0.25, 0.3) is 0 Å². The Morgan fingerprint density at radius 3 is 2.91 bits per heavy atom. The first-order chi connectivity index (χ1) is 16.3. The maximum Gasteiger partial charge on any atom is 0.188 e. The third-order valence-corrected chi connectivity index (χ3v) is 8.86. The Morgan fingerprint density at radius 1 is 1.29 bits per heavy atom. The summed E-state index contributed by atoms with van der Waals surface area (Å²) in [4.78, 5) is 7.50. The molecule has 6 heteroatoms. The van der Waals surface area contributed by atoms with Crippen LogP contribution in [-0.4, -0.2) is 46.0 Å². The van der Waals surface area contributed by atoms with E-state index in [4.69, 9.17) is 5.73 Å². The predicted octanol–water partition coefficient (Wildman–Crippen LogP) is 3.67. The van der Waals surface area contributed by atoms with E-state index >= 15 is 0 Å². The first-order valence-corrected chi connectivity index (χ1v) is 12.6. The van der Waals surface area contributed by atoms with Crippen molar-refractivity contribution in [3.05, 3.63) is 60.3 Å². The number of nitrogens with one attached hydrogen (secondary N) is 2. The highest BCUT2D eigenvalue weighted by atomic mass is 16.3. The van der Waals surface area contributed by atoms with Crippen LogP contribution in [0.2, 0.25) is 0 Å². The summed E-state index contributed by atoms with van der Waals surface area (Å²) in [7, 11) is 1.65. The third kappa shape index (κ3) is 4.18. The molecule has 0 saturated heterocycles. The van der Waals surface area contributed by atoms with E-state index < -0.39 is 11.2 Å². The van der Waals surface area contributed by atoms with Crippen molar-refractivity contribution >= 4 is 16.9 Å². The molecule has 3 aliphatic rings. The second-order valence-corrected chi connectivity index (χ2v) is 10.8. The van der Waals surface area contributed by atoms with Crippen LogP contribution in [-0.2, 0) is 6.42 Å². The molecule has 2 bridgehead atoms. The van der Waals surface area contributed by atoms with Crippen molar-refractivity contribution in [2.24, 2.45) is 34.4 Å². The zero-order valence-electron chi connectivity index (χ0n) is 20.1. The zero-order chi connectivity index (χ0) is 23.9. The smallest absolute Gasteiger partial charge is 0.188 e. The molecule has 1 heterocycles. The molecular formula is C28H38N4O2. The molecule has 0 amide bonds. The Kier molecular flexibility index (Phi) is 6.07. The van der Waals surface area contributed by atoms with Crippen LogP contribution in [0.3, 0.4) is 0 Å². The number of guanidine groups is 1. The van der Waals surface area contributed by atoms with Gasteiger partial charge in [0.15, 0.2) is 5.96 Å². The number of aromatic nitrogens is 1. The number of aliphatic imine (C=N–C) groups is 1. The molecule has 0 spiro atoms. The number of hydrogen-bond acceptors (Lipinski definition) is 3. The lowest BCUT2D eigenvalue weighted by Crippen LogP contribution is -2.46. The minimum absolute atomic E-state index is 0.0356. The number of aromatic amines is 1. The minimum atomic E-state index is -0.821. The summed E-state index contributed by atoms with van der Waals surface area (Å²) in [5.41, 5.74) is 7.73. The van der Waals surface area contributed by atoms with Crippen molar-refractivity contribution < 1.29 is 10.2 Å². The van der Waals surface area contributed by atoms with Crippen molar-refractivity contribution in [3.63, 3.8) is 0 Å². The van der Waals surface area contributed by atoms with Crippen LogP contribution < -0.4 is 11.1 Å². The SMILES string of the molecule is C=C(Cc1cc2ccccc2[nH]1)[C@@H]1C[C@H]2[C@H](CC[C@@]2(O)CCNC(N)=NC)[C@@]2(O)CC=C[C@@H]1C2. The Hall–Kier alpha value is -2.57. The number of para-hydroxylation sites is 1. The molecule has 1 aromatic heterocycles. The van der Waals surface area contributed by atoms with E-state index in [1.54, 1.807) is 7.05 Å². The first-order valence-electron chi connectivity index (χ1n) is 12.6. The van der Waals surface area contributed by atoms with E-state index in [2.05, 4.69) is 58.3 Å². The average molecular weight is 463 g/mol. The van der Waals surface area contributed by atoms with E-state index in [0.29, 0.717) is 31.8 Å². The monoisotopic (exact) mass is 462 g/mol. The molecule has 5 rings (SSSR count). The number of hydrogen-bond donors (Lipinski definition) is 5. The molecule has 0 unspecified atom stereocenters. The van der Waals surface area contributed by atoms with Crippen LogP contribution in [0.4, 0.5) is 0 Å². The molecule has 6 nitrogen and oxygen atoms in total. The molecule has 1 aromatic carbocycles. The highest BCUT2D eigenvalue weighted by molar-refractivity contribution is 5.80. The number of allylic oxidation sites excluding steroid dienone is 2. The van der Waals surface area contributed by atoms with Gasteiger partial charge < -0.3 is 26.2 Å². The van der Waals surface area contributed by atoms with Gasteiger partial charge in [-0.15, -0.1) is 0 Å². The van der Waals surface area contributed by atoms with Gasteiger partial charge in [-0.1, -0.05) is 42.5 Å². The Morgan fingerprint density at radius 2 is 2.12 bits per heavy atom. The predicted molar refractivity (Wildman–Crippen MR) is 137 cm³/mol. The fourth-order valence-corrected chi connectivity index (χ4v) is 7.10. The Bertz CT molecular complexity index is 1090. The van der Waals surface area contributed by atoms with Crippen LogP contribution in [0.15, 0.2) is 59.6 Å². The number of nitrogens with two attached hydrogens (primary N) is 1. The van der Waals surface area contributed by atoms with E-state index in [9.17, 15) is 10.2 Å². The van der Waals surface area contributed by atoms with Gasteiger partial charge in [0.2, 0.25) is 0 Å². The molecular weight excluding hydrogens is 424 g/mol. The van der Waals surface area contributed by atoms with E-state index in [0.717, 1.165) is 31.2 Å². The van der Waals surface area contributed by atoms with Gasteiger partial charge >= 0.3 is 0 Å². The lowest BCUT2D eigenvalue weighted by Gasteiger charge is -2.40. The second-order valence-electron chi connectivity index (χ2n) is 10.8. The summed E-state index contributed by atoms with van der Waals surface area (Å²) in [5.74, 6) is 1.01. The quantitative estimate of drug-likeness (QED) is 0.257. The highest BCUT2D eigenvalue weighted by Crippen LogP contribution is 2.57. The van der Waals surface area contributed by atoms with Crippen molar-refractivity contribution in [2.75, 3.05) is 13.6 Å². The van der Waals surface area contributed by atoms with Crippen LogP contribution in [0.1, 0.15) is 44.2 Å². The fraction of sp³-hybridized carbons (Fsp3) is 0.536. The Labute approximate surface area is 202 Å². The van der Waals surface area contributed by atoms with Crippen LogP contribution in [0.25, 0.3) is 10.9 Å². The zero-order valence-corrected chi connectivity index (χ0v) is 20.1. The van der Waals surface area contributed by atoms with Gasteiger partial charge in [0, 0.05) is 31.2 Å². The summed E-state index contributed by atoms with van der Waals surface area (Å²) in [6.45, 7) is 5.13. The standard InChI is InChI=1S/C28H38N4O2/c1-18(14-21-15-19-6-3-4-8-25(19)32-21)22-16-24-23(28(34)10-5-7-20(22)17-28)9-11-27(24,33)12-13-31-26(29)30-2/h3-8,15,20,22-24,32-34H,1,9-14,16-17H2,2H3,(H3,29,30,31)/t20-,22+,23+,24+,27-,28-/m1/s1. The number of rotatable bonds is 6. The molecule has 2 fully saturated rings. The summed E-state index contributed by atoms with van der Waals surface area (Å²) in [5, 5.41) is 27.9. The second kappa shape index (κ2) is 8.90. The topological polar surface area (TPSA) is 107 Å². The fourth-order valence-electron chi connectivity index (χ4n) is 7.10. The van der Waals surface area contributed by atoms with Gasteiger partial charge in [-0.2, -0.15) is 0 Å². The summed E-state index contributed by atoms with van der Waals surface area (Å²) in [6.07, 6.45) is 9.69. The van der Waals surface area contributed by atoms with Crippen LogP contribution >= 0.6 is 0 Å². The summed E-state index contributed by atoms with van der Waals surface area (Å²) < 4.78 is 0. The molecule has 2 saturated carbocycles. The lowest BCUT2D eigenvalue weighted by atomic mass is 9.71. The minimum Gasteiger partial charge on any atom is -0.390 e. The van der Waals surface area contributed by atoms with Crippen LogP contribution in [0.5, 0.6) is 0 Å². The van der Waals surface area contributed by atoms with E-state index in [-0.39, 0.29) is 23.7 Å². The highest BCUT2D eigenvalue weighted by Gasteiger charge is 2.57. The van der Waals surface area contributed by atoms with Gasteiger partial charge in [0.05, 0.1) is 11.2 Å². The molecule has 6 N–H and O–H groups in total. The first kappa shape index (κ1) is 23.2. The number of fused-ring (bicyclic) bond motifs is 5. The number of nitrogens with zero attached hydrogens (tertiary/aromatic N) is 1. The molecule has 0 aliphatic heterocycles. The van der Waals surface area contributed by atoms with Crippen LogP contribution in [0, 0.1) is 23.7 Å². The van der Waals surface area contributed by atoms with Crippen molar-refractivity contribution in [3.8, 4) is 0 Å². The maximum absolute atomic E-state index is 11.8. The summed E-state index contributed by atoms with van der Waals surface area (Å²) >= 11 is 0. The van der Waals surface area contributed by atoms with E-state index in [1.807, 2.05) is 6.07 Å². The number of H-pyrrole nitrogens is 1. The largest absolute Gasteiger partial charge is 0.390 e. The third-order valence-electron chi connectivity index (χ3n) is 8.86. The average Bonchev–Trinajstić information content (AvgIpc) is 3.35. The molecule has 2 aromatic rings. The molecule has 182 valence electrons. The van der Waals surface area contributed by atoms with E-state index in [1.165, 1.54) is 16.7 Å². The molecule has 3 aliphatic carbocycles. The molecule has 6 atom stereocenters. The van der Waals surface area contributed by atoms with Crippen molar-refractivity contribution in [1.29, 1.82) is 0 Å².